The summed E-state index contributed by atoms with van der Waals surface area (Å²) >= 11 is 6.39. The number of anilines is 1. The van der Waals surface area contributed by atoms with Crippen LogP contribution in [-0.2, 0) is 0 Å². The molecule has 8 heteroatoms. The highest BCUT2D eigenvalue weighted by molar-refractivity contribution is 6.35. The summed E-state index contributed by atoms with van der Waals surface area (Å²) in [4.78, 5) is 30.6. The van der Waals surface area contributed by atoms with E-state index in [2.05, 4.69) is 25.3 Å². The maximum Gasteiger partial charge on any atom is 0.264 e. The number of pyridine rings is 1. The van der Waals surface area contributed by atoms with Crippen LogP contribution in [0, 0.1) is 0 Å². The molecule has 0 spiro atoms. The highest BCUT2D eigenvalue weighted by Gasteiger charge is 2.19. The van der Waals surface area contributed by atoms with Gasteiger partial charge in [-0.25, -0.2) is 19.9 Å². The molecule has 1 atom stereocenters. The molecular weight excluding hydrogens is 412 g/mol. The molecule has 152 valence electrons. The van der Waals surface area contributed by atoms with Gasteiger partial charge in [0.2, 0.25) is 0 Å². The van der Waals surface area contributed by atoms with Crippen LogP contribution in [0.2, 0.25) is 5.02 Å². The molecule has 0 amide bonds. The molecule has 0 unspecified atom stereocenters. The lowest BCUT2D eigenvalue weighted by atomic mass is 10.1. The fourth-order valence-corrected chi connectivity index (χ4v) is 3.94. The average Bonchev–Trinajstić information content (AvgIpc) is 2.79. The predicted octanol–water partition coefficient (Wildman–Crippen LogP) is 4.55. The van der Waals surface area contributed by atoms with Crippen molar-refractivity contribution in [1.29, 1.82) is 0 Å². The SMILES string of the molecule is C[C@H](Nc1ncnc2nccnc12)c1cc2cccc(Cl)c2c(=O)n1-c1ccccc1. The lowest BCUT2D eigenvalue weighted by Crippen LogP contribution is -2.26. The Morgan fingerprint density at radius 1 is 0.968 bits per heavy atom. The first-order valence-corrected chi connectivity index (χ1v) is 10.1. The van der Waals surface area contributed by atoms with Crippen molar-refractivity contribution in [2.24, 2.45) is 0 Å². The Bertz CT molecular complexity index is 1460. The van der Waals surface area contributed by atoms with Crippen molar-refractivity contribution in [3.63, 3.8) is 0 Å². The second-order valence-corrected chi connectivity index (χ2v) is 7.47. The van der Waals surface area contributed by atoms with Gasteiger partial charge in [0.25, 0.3) is 5.56 Å². The number of aromatic nitrogens is 5. The van der Waals surface area contributed by atoms with Crippen LogP contribution in [0.15, 0.2) is 78.1 Å². The number of nitrogens with zero attached hydrogens (tertiary/aromatic N) is 5. The third-order valence-electron chi connectivity index (χ3n) is 5.11. The molecule has 0 saturated heterocycles. The Hall–Kier alpha value is -3.84. The number of fused-ring (bicyclic) bond motifs is 2. The standard InChI is InChI=1S/C23H17ClN6O/c1-14(29-22-20-21(27-13-28-22)26-11-10-25-20)18-12-15-6-5-9-17(24)19(15)23(31)30(18)16-7-3-2-4-8-16/h2-14H,1H3,(H,26,27,28,29)/t14-/m0/s1. The zero-order chi connectivity index (χ0) is 21.4. The van der Waals surface area contributed by atoms with E-state index in [4.69, 9.17) is 11.6 Å². The van der Waals surface area contributed by atoms with Crippen molar-refractivity contribution >= 4 is 39.4 Å². The molecule has 3 heterocycles. The molecule has 5 rings (SSSR count). The van der Waals surface area contributed by atoms with Crippen LogP contribution >= 0.6 is 11.6 Å². The topological polar surface area (TPSA) is 85.6 Å². The minimum Gasteiger partial charge on any atom is -0.360 e. The summed E-state index contributed by atoms with van der Waals surface area (Å²) in [6, 6.07) is 16.6. The zero-order valence-electron chi connectivity index (χ0n) is 16.5. The van der Waals surface area contributed by atoms with E-state index >= 15 is 0 Å². The van der Waals surface area contributed by atoms with Gasteiger partial charge in [0.05, 0.1) is 16.5 Å². The van der Waals surface area contributed by atoms with Gasteiger partial charge < -0.3 is 5.32 Å². The third-order valence-corrected chi connectivity index (χ3v) is 5.42. The van der Waals surface area contributed by atoms with Gasteiger partial charge in [-0.2, -0.15) is 0 Å². The largest absolute Gasteiger partial charge is 0.360 e. The van der Waals surface area contributed by atoms with Crippen LogP contribution in [0.25, 0.3) is 27.6 Å². The number of para-hydroxylation sites is 1. The quantitative estimate of drug-likeness (QED) is 0.452. The summed E-state index contributed by atoms with van der Waals surface area (Å²) in [5.74, 6) is 0.545. The molecule has 0 saturated carbocycles. The fourth-order valence-electron chi connectivity index (χ4n) is 3.68. The first kappa shape index (κ1) is 19.1. The molecule has 0 bridgehead atoms. The van der Waals surface area contributed by atoms with Crippen molar-refractivity contribution in [3.05, 3.63) is 94.4 Å². The van der Waals surface area contributed by atoms with Crippen LogP contribution in [0.5, 0.6) is 0 Å². The van der Waals surface area contributed by atoms with Crippen LogP contribution < -0.4 is 10.9 Å². The Morgan fingerprint density at radius 2 is 1.77 bits per heavy atom. The molecular formula is C23H17ClN6O. The molecule has 0 fully saturated rings. The number of nitrogens with one attached hydrogen (secondary N) is 1. The van der Waals surface area contributed by atoms with Crippen LogP contribution in [0.3, 0.4) is 0 Å². The van der Waals surface area contributed by atoms with Crippen LogP contribution in [0.1, 0.15) is 18.7 Å². The van der Waals surface area contributed by atoms with Gasteiger partial charge in [0, 0.05) is 23.8 Å². The minimum atomic E-state index is -0.281. The van der Waals surface area contributed by atoms with Crippen molar-refractivity contribution in [1.82, 2.24) is 24.5 Å². The molecule has 0 radical (unpaired) electrons. The molecule has 0 aliphatic heterocycles. The van der Waals surface area contributed by atoms with E-state index < -0.39 is 0 Å². The predicted molar refractivity (Wildman–Crippen MR) is 122 cm³/mol. The van der Waals surface area contributed by atoms with Gasteiger partial charge in [-0.3, -0.25) is 9.36 Å². The lowest BCUT2D eigenvalue weighted by Gasteiger charge is -2.21. The fraction of sp³-hybridized carbons (Fsp3) is 0.0870. The molecule has 7 nitrogen and oxygen atoms in total. The molecule has 0 aliphatic rings. The first-order valence-electron chi connectivity index (χ1n) is 9.71. The highest BCUT2D eigenvalue weighted by atomic mass is 35.5. The summed E-state index contributed by atoms with van der Waals surface area (Å²) in [6.07, 6.45) is 4.62. The van der Waals surface area contributed by atoms with Gasteiger partial charge in [0.15, 0.2) is 11.5 Å². The summed E-state index contributed by atoms with van der Waals surface area (Å²) < 4.78 is 1.68. The van der Waals surface area contributed by atoms with Gasteiger partial charge in [-0.05, 0) is 36.6 Å². The van der Waals surface area contributed by atoms with Crippen molar-refractivity contribution in [2.75, 3.05) is 5.32 Å². The molecule has 5 aromatic rings. The molecule has 3 aromatic heterocycles. The third kappa shape index (κ3) is 3.39. The monoisotopic (exact) mass is 428 g/mol. The number of hydrogen-bond acceptors (Lipinski definition) is 6. The zero-order valence-corrected chi connectivity index (χ0v) is 17.3. The molecule has 1 N–H and O–H groups in total. The van der Waals surface area contributed by atoms with E-state index in [1.807, 2.05) is 55.5 Å². The number of halogens is 1. The Morgan fingerprint density at radius 3 is 2.61 bits per heavy atom. The highest BCUT2D eigenvalue weighted by Crippen LogP contribution is 2.27. The lowest BCUT2D eigenvalue weighted by molar-refractivity contribution is 0.774. The summed E-state index contributed by atoms with van der Waals surface area (Å²) in [5.41, 5.74) is 2.41. The number of hydrogen-bond donors (Lipinski definition) is 1. The summed E-state index contributed by atoms with van der Waals surface area (Å²) in [7, 11) is 0. The average molecular weight is 429 g/mol. The van der Waals surface area contributed by atoms with E-state index in [1.54, 1.807) is 23.0 Å². The van der Waals surface area contributed by atoms with Gasteiger partial charge in [-0.1, -0.05) is 41.9 Å². The second-order valence-electron chi connectivity index (χ2n) is 7.07. The summed E-state index contributed by atoms with van der Waals surface area (Å²) in [5, 5.41) is 5.07. The molecule has 0 aliphatic carbocycles. The van der Waals surface area contributed by atoms with Gasteiger partial charge in [-0.15, -0.1) is 0 Å². The van der Waals surface area contributed by atoms with Crippen LogP contribution in [0.4, 0.5) is 5.82 Å². The van der Waals surface area contributed by atoms with E-state index in [1.165, 1.54) is 6.33 Å². The van der Waals surface area contributed by atoms with Gasteiger partial charge >= 0.3 is 0 Å². The maximum absolute atomic E-state index is 13.5. The molecule has 2 aromatic carbocycles. The Kier molecular flexibility index (Phi) is 4.80. The van der Waals surface area contributed by atoms with Crippen molar-refractivity contribution < 1.29 is 0 Å². The van der Waals surface area contributed by atoms with Crippen molar-refractivity contribution in [2.45, 2.75) is 13.0 Å². The van der Waals surface area contributed by atoms with Gasteiger partial charge in [0.1, 0.15) is 11.8 Å². The van der Waals surface area contributed by atoms with Crippen molar-refractivity contribution in [3.8, 4) is 5.69 Å². The Labute approximate surface area is 182 Å². The first-order chi connectivity index (χ1) is 15.1. The normalized spacial score (nSPS) is 12.2. The Balaban J connectivity index is 1.71. The smallest absolute Gasteiger partial charge is 0.264 e. The number of benzene rings is 2. The summed E-state index contributed by atoms with van der Waals surface area (Å²) in [6.45, 7) is 1.97. The van der Waals surface area contributed by atoms with E-state index in [0.29, 0.717) is 27.4 Å². The maximum atomic E-state index is 13.5. The van der Waals surface area contributed by atoms with E-state index in [9.17, 15) is 4.79 Å². The van der Waals surface area contributed by atoms with Crippen LogP contribution in [-0.4, -0.2) is 24.5 Å². The van der Waals surface area contributed by atoms with E-state index in [0.717, 1.165) is 16.8 Å². The minimum absolute atomic E-state index is 0.176. The second kappa shape index (κ2) is 7.77. The van der Waals surface area contributed by atoms with E-state index in [-0.39, 0.29) is 11.6 Å². The molecule has 31 heavy (non-hydrogen) atoms. The number of rotatable bonds is 4.